The molecule has 130 valence electrons. The standard InChI is InChI=1S/C20H21NO4/c22-19(17-8-4-5-9-18(17)20(23)24)21-14-10-12-16(13-11-14)25-15-6-2-1-3-7-15/h1-3,6-7,10-13,17-18H,4-5,8-9H2,(H,21,22)(H,23,24)/p-1/t17-,18-/m0/s1. The molecule has 3 rings (SSSR count). The lowest BCUT2D eigenvalue weighted by molar-refractivity contribution is -0.313. The van der Waals surface area contributed by atoms with Crippen molar-refractivity contribution in [1.29, 1.82) is 0 Å². The van der Waals surface area contributed by atoms with Crippen LogP contribution in [0.15, 0.2) is 54.6 Å². The van der Waals surface area contributed by atoms with Crippen LogP contribution in [0, 0.1) is 11.8 Å². The highest BCUT2D eigenvalue weighted by molar-refractivity contribution is 5.95. The molecule has 0 spiro atoms. The van der Waals surface area contributed by atoms with Crippen molar-refractivity contribution in [3.63, 3.8) is 0 Å². The predicted octanol–water partition coefficient (Wildman–Crippen LogP) is 2.97. The summed E-state index contributed by atoms with van der Waals surface area (Å²) in [6.07, 6.45) is 2.78. The number of ether oxygens (including phenoxy) is 1. The molecule has 2 aromatic carbocycles. The second kappa shape index (κ2) is 7.83. The van der Waals surface area contributed by atoms with E-state index in [0.29, 0.717) is 24.3 Å². The normalized spacial score (nSPS) is 19.8. The van der Waals surface area contributed by atoms with Crippen molar-refractivity contribution >= 4 is 17.6 Å². The first-order valence-corrected chi connectivity index (χ1v) is 8.48. The number of para-hydroxylation sites is 1. The Balaban J connectivity index is 1.62. The molecule has 0 radical (unpaired) electrons. The first-order chi connectivity index (χ1) is 12.1. The first-order valence-electron chi connectivity index (χ1n) is 8.48. The number of carboxylic acid groups (broad SMARTS) is 1. The topological polar surface area (TPSA) is 78.5 Å². The van der Waals surface area contributed by atoms with E-state index >= 15 is 0 Å². The van der Waals surface area contributed by atoms with Gasteiger partial charge in [-0.2, -0.15) is 0 Å². The third-order valence-corrected chi connectivity index (χ3v) is 4.51. The molecular weight excluding hydrogens is 318 g/mol. The maximum atomic E-state index is 12.4. The van der Waals surface area contributed by atoms with Gasteiger partial charge in [-0.25, -0.2) is 0 Å². The molecule has 0 bridgehead atoms. The summed E-state index contributed by atoms with van der Waals surface area (Å²) in [4.78, 5) is 23.7. The molecular formula is C20H20NO4-. The third-order valence-electron chi connectivity index (χ3n) is 4.51. The Kier molecular flexibility index (Phi) is 5.33. The first kappa shape index (κ1) is 17.0. The van der Waals surface area contributed by atoms with Crippen molar-refractivity contribution < 1.29 is 19.4 Å². The molecule has 0 aliphatic heterocycles. The number of hydrogen-bond donors (Lipinski definition) is 1. The Hall–Kier alpha value is -2.82. The van der Waals surface area contributed by atoms with Gasteiger partial charge in [-0.15, -0.1) is 0 Å². The lowest BCUT2D eigenvalue weighted by Crippen LogP contribution is -2.42. The fraction of sp³-hybridized carbons (Fsp3) is 0.300. The zero-order chi connectivity index (χ0) is 17.6. The van der Waals surface area contributed by atoms with Crippen LogP contribution in [-0.4, -0.2) is 11.9 Å². The van der Waals surface area contributed by atoms with Crippen molar-refractivity contribution in [2.45, 2.75) is 25.7 Å². The number of carbonyl (C=O) groups excluding carboxylic acids is 2. The number of benzene rings is 2. The number of hydrogen-bond acceptors (Lipinski definition) is 4. The Labute approximate surface area is 146 Å². The average Bonchev–Trinajstić information content (AvgIpc) is 2.64. The Morgan fingerprint density at radius 1 is 0.880 bits per heavy atom. The summed E-state index contributed by atoms with van der Waals surface area (Å²) in [6.45, 7) is 0. The summed E-state index contributed by atoms with van der Waals surface area (Å²) in [6, 6.07) is 16.4. The quantitative estimate of drug-likeness (QED) is 0.909. The van der Waals surface area contributed by atoms with E-state index in [4.69, 9.17) is 4.74 Å². The van der Waals surface area contributed by atoms with Crippen molar-refractivity contribution in [3.05, 3.63) is 54.6 Å². The van der Waals surface area contributed by atoms with Gasteiger partial charge in [-0.05, 0) is 49.2 Å². The SMILES string of the molecule is O=C([O-])[C@H]1CCCC[C@@H]1C(=O)Nc1ccc(Oc2ccccc2)cc1. The zero-order valence-corrected chi connectivity index (χ0v) is 13.8. The van der Waals surface area contributed by atoms with Crippen molar-refractivity contribution in [1.82, 2.24) is 0 Å². The number of anilines is 1. The summed E-state index contributed by atoms with van der Waals surface area (Å²) in [5.74, 6) is -1.22. The van der Waals surface area contributed by atoms with Gasteiger partial charge in [0.15, 0.2) is 0 Å². The molecule has 0 heterocycles. The van der Waals surface area contributed by atoms with Crippen molar-refractivity contribution in [2.24, 2.45) is 11.8 Å². The van der Waals surface area contributed by atoms with E-state index in [1.54, 1.807) is 24.3 Å². The number of aliphatic carboxylic acids is 1. The van der Waals surface area contributed by atoms with Gasteiger partial charge in [0.05, 0.1) is 0 Å². The summed E-state index contributed by atoms with van der Waals surface area (Å²) < 4.78 is 5.70. The van der Waals surface area contributed by atoms with E-state index in [-0.39, 0.29) is 5.91 Å². The Bertz CT molecular complexity index is 727. The smallest absolute Gasteiger partial charge is 0.228 e. The molecule has 0 aromatic heterocycles. The van der Waals surface area contributed by atoms with Crippen LogP contribution in [0.3, 0.4) is 0 Å². The van der Waals surface area contributed by atoms with Gasteiger partial charge in [-0.3, -0.25) is 4.79 Å². The predicted molar refractivity (Wildman–Crippen MR) is 92.0 cm³/mol. The lowest BCUT2D eigenvalue weighted by atomic mass is 9.78. The van der Waals surface area contributed by atoms with Gasteiger partial charge < -0.3 is 20.0 Å². The Morgan fingerprint density at radius 2 is 1.48 bits per heavy atom. The van der Waals surface area contributed by atoms with Crippen LogP contribution in [-0.2, 0) is 9.59 Å². The van der Waals surface area contributed by atoms with Crippen LogP contribution in [0.4, 0.5) is 5.69 Å². The van der Waals surface area contributed by atoms with E-state index < -0.39 is 17.8 Å². The summed E-state index contributed by atoms with van der Waals surface area (Å²) in [7, 11) is 0. The second-order valence-electron chi connectivity index (χ2n) is 6.25. The molecule has 1 aliphatic carbocycles. The third kappa shape index (κ3) is 4.38. The van der Waals surface area contributed by atoms with Crippen molar-refractivity contribution in [3.8, 4) is 11.5 Å². The van der Waals surface area contributed by atoms with E-state index in [1.807, 2.05) is 30.3 Å². The number of carboxylic acids is 1. The fourth-order valence-electron chi connectivity index (χ4n) is 3.19. The molecule has 5 heteroatoms. The van der Waals surface area contributed by atoms with Gasteiger partial charge in [0.1, 0.15) is 11.5 Å². The molecule has 1 N–H and O–H groups in total. The summed E-state index contributed by atoms with van der Waals surface area (Å²) in [5, 5.41) is 14.0. The molecule has 5 nitrogen and oxygen atoms in total. The largest absolute Gasteiger partial charge is 0.550 e. The number of rotatable bonds is 5. The average molecular weight is 338 g/mol. The van der Waals surface area contributed by atoms with E-state index in [2.05, 4.69) is 5.32 Å². The summed E-state index contributed by atoms with van der Waals surface area (Å²) >= 11 is 0. The molecule has 0 unspecified atom stereocenters. The minimum Gasteiger partial charge on any atom is -0.550 e. The molecule has 25 heavy (non-hydrogen) atoms. The van der Waals surface area contributed by atoms with Gasteiger partial charge in [0.25, 0.3) is 0 Å². The summed E-state index contributed by atoms with van der Waals surface area (Å²) in [5.41, 5.74) is 0.619. The molecule has 1 amide bonds. The molecule has 0 saturated heterocycles. The number of nitrogens with one attached hydrogen (secondary N) is 1. The van der Waals surface area contributed by atoms with Gasteiger partial charge in [-0.1, -0.05) is 31.0 Å². The van der Waals surface area contributed by atoms with Crippen LogP contribution in [0.2, 0.25) is 0 Å². The monoisotopic (exact) mass is 338 g/mol. The molecule has 1 fully saturated rings. The number of carbonyl (C=O) groups is 2. The zero-order valence-electron chi connectivity index (χ0n) is 13.8. The maximum absolute atomic E-state index is 12.4. The number of amides is 1. The van der Waals surface area contributed by atoms with Crippen LogP contribution in [0.5, 0.6) is 11.5 Å². The highest BCUT2D eigenvalue weighted by Gasteiger charge is 2.31. The minimum atomic E-state index is -1.13. The van der Waals surface area contributed by atoms with E-state index in [9.17, 15) is 14.7 Å². The molecule has 1 saturated carbocycles. The van der Waals surface area contributed by atoms with Crippen LogP contribution in [0.25, 0.3) is 0 Å². The van der Waals surface area contributed by atoms with Crippen LogP contribution < -0.4 is 15.2 Å². The van der Waals surface area contributed by atoms with Gasteiger partial charge in [0.2, 0.25) is 5.91 Å². The maximum Gasteiger partial charge on any atom is 0.228 e. The van der Waals surface area contributed by atoms with Gasteiger partial charge in [0, 0.05) is 23.5 Å². The minimum absolute atomic E-state index is 0.259. The highest BCUT2D eigenvalue weighted by Crippen LogP contribution is 2.31. The second-order valence-corrected chi connectivity index (χ2v) is 6.25. The Morgan fingerprint density at radius 3 is 2.12 bits per heavy atom. The lowest BCUT2D eigenvalue weighted by Gasteiger charge is -2.31. The van der Waals surface area contributed by atoms with Gasteiger partial charge >= 0.3 is 0 Å². The van der Waals surface area contributed by atoms with E-state index in [0.717, 1.165) is 18.6 Å². The van der Waals surface area contributed by atoms with Crippen molar-refractivity contribution in [2.75, 3.05) is 5.32 Å². The highest BCUT2D eigenvalue weighted by atomic mass is 16.5. The van der Waals surface area contributed by atoms with E-state index in [1.165, 1.54) is 0 Å². The van der Waals surface area contributed by atoms with Crippen LogP contribution in [0.1, 0.15) is 25.7 Å². The molecule has 1 aliphatic rings. The fourth-order valence-corrected chi connectivity index (χ4v) is 3.19. The molecule has 2 atom stereocenters. The van der Waals surface area contributed by atoms with Crippen LogP contribution >= 0.6 is 0 Å². The molecule has 2 aromatic rings.